The van der Waals surface area contributed by atoms with Crippen molar-refractivity contribution in [2.45, 2.75) is 123 Å². The van der Waals surface area contributed by atoms with E-state index in [0.29, 0.717) is 24.0 Å². The lowest BCUT2D eigenvalue weighted by Gasteiger charge is -2.30. The van der Waals surface area contributed by atoms with Gasteiger partial charge in [-0.1, -0.05) is 56.7 Å². The summed E-state index contributed by atoms with van der Waals surface area (Å²) in [6.45, 7) is 17.2. The lowest BCUT2D eigenvalue weighted by atomic mass is 10.0. The molecule has 1 saturated heterocycles. The second-order valence-corrected chi connectivity index (χ2v) is 14.6. The second kappa shape index (κ2) is 18.4. The molecule has 0 bridgehead atoms. The van der Waals surface area contributed by atoms with E-state index in [4.69, 9.17) is 15.2 Å². The number of carbonyl (C=O) groups excluding carboxylic acids is 7. The summed E-state index contributed by atoms with van der Waals surface area (Å²) in [6.07, 6.45) is -0.111. The van der Waals surface area contributed by atoms with Gasteiger partial charge in [0, 0.05) is 13.0 Å². The first kappa shape index (κ1) is 42.4. The largest absolute Gasteiger partial charge is 0.444 e. The van der Waals surface area contributed by atoms with Crippen LogP contribution in [0.4, 0.5) is 4.79 Å². The molecule has 282 valence electrons. The van der Waals surface area contributed by atoms with Crippen LogP contribution in [0.2, 0.25) is 0 Å². The van der Waals surface area contributed by atoms with Gasteiger partial charge in [0.25, 0.3) is 5.91 Å². The van der Waals surface area contributed by atoms with Crippen molar-refractivity contribution >= 4 is 41.4 Å². The number of nitrogens with two attached hydrogens (primary N) is 1. The molecular weight excluding hydrogens is 660 g/mol. The van der Waals surface area contributed by atoms with E-state index in [1.54, 1.807) is 58.0 Å². The van der Waals surface area contributed by atoms with E-state index in [2.05, 4.69) is 27.8 Å². The number of rotatable bonds is 16. The Balaban J connectivity index is 2.23. The molecule has 1 aromatic rings. The number of nitrogens with zero attached hydrogens (tertiary/aromatic N) is 1. The maximum atomic E-state index is 13.9. The predicted octanol–water partition coefficient (Wildman–Crippen LogP) is 1.94. The average Bonchev–Trinajstić information content (AvgIpc) is 3.44. The average molecular weight is 715 g/mol. The highest BCUT2D eigenvalue weighted by Crippen LogP contribution is 2.27. The topological polar surface area (TPSA) is 215 Å². The Hall–Kier alpha value is -4.79. The number of Topliss-reactive ketones (excluding diaryl/α,β-unsaturated/α-hetero) is 1. The molecule has 6 N–H and O–H groups in total. The molecule has 5 atom stereocenters. The van der Waals surface area contributed by atoms with Gasteiger partial charge >= 0.3 is 6.09 Å². The molecule has 1 unspecified atom stereocenters. The maximum absolute atomic E-state index is 13.9. The minimum absolute atomic E-state index is 0.00637. The van der Waals surface area contributed by atoms with E-state index in [1.165, 1.54) is 4.90 Å². The van der Waals surface area contributed by atoms with Gasteiger partial charge in [0.05, 0.1) is 24.3 Å². The second-order valence-electron chi connectivity index (χ2n) is 14.6. The first-order chi connectivity index (χ1) is 23.6. The number of nitrogens with one attached hydrogen (secondary N) is 4. The zero-order chi connectivity index (χ0) is 38.7. The highest BCUT2D eigenvalue weighted by atomic mass is 16.6. The molecule has 1 aliphatic rings. The molecule has 0 radical (unpaired) electrons. The van der Waals surface area contributed by atoms with Gasteiger partial charge in [-0.3, -0.25) is 28.8 Å². The van der Waals surface area contributed by atoms with Crippen molar-refractivity contribution in [1.82, 2.24) is 26.2 Å². The molecule has 0 aliphatic carbocycles. The van der Waals surface area contributed by atoms with Crippen molar-refractivity contribution in [3.8, 4) is 0 Å². The normalized spacial score (nSPS) is 17.7. The molecule has 15 nitrogen and oxygen atoms in total. The number of ether oxygens (including phenoxy) is 2. The third-order valence-electron chi connectivity index (χ3n) is 7.60. The summed E-state index contributed by atoms with van der Waals surface area (Å²) in [7, 11) is 0. The monoisotopic (exact) mass is 714 g/mol. The minimum Gasteiger partial charge on any atom is -0.444 e. The Morgan fingerprint density at radius 3 is 2.12 bits per heavy atom. The van der Waals surface area contributed by atoms with E-state index in [-0.39, 0.29) is 19.4 Å². The first-order valence-electron chi connectivity index (χ1n) is 17.0. The lowest BCUT2D eigenvalue weighted by molar-refractivity contribution is -0.143. The molecule has 0 aromatic heterocycles. The van der Waals surface area contributed by atoms with Crippen molar-refractivity contribution in [3.05, 3.63) is 48.0 Å². The maximum Gasteiger partial charge on any atom is 0.408 e. The summed E-state index contributed by atoms with van der Waals surface area (Å²) >= 11 is 0. The Bertz CT molecular complexity index is 1450. The van der Waals surface area contributed by atoms with Crippen molar-refractivity contribution < 1.29 is 43.0 Å². The molecule has 0 saturated carbocycles. The van der Waals surface area contributed by atoms with Gasteiger partial charge in [-0.05, 0) is 66.0 Å². The summed E-state index contributed by atoms with van der Waals surface area (Å²) in [5.74, 6) is -5.03. The van der Waals surface area contributed by atoms with Gasteiger partial charge < -0.3 is 41.4 Å². The van der Waals surface area contributed by atoms with E-state index < -0.39 is 89.4 Å². The standard InChI is InChI=1S/C36H54N6O9/c1-10-11-17-24(29(44)32(47)38-19-26(43)40-28(30(37)45)22-15-13-12-14-16-22)39-31(46)25-18-23(50-35(4,5)6)20-42(25)33(48)27(21(2)3)41-34(49)51-36(7,8)9/h12-16,23-25,27-28H,2,10-11,17-20H2,1,3-9H3,(H2,37,45)(H,38,47)(H,39,46)(H,40,43)(H,41,49)/t23-,24?,25+,27+,28+/m1/s1. The zero-order valence-electron chi connectivity index (χ0n) is 30.9. The number of unbranched alkanes of at least 4 members (excludes halogenated alkanes) is 1. The number of amides is 6. The number of alkyl carbamates (subject to hydrolysis) is 1. The van der Waals surface area contributed by atoms with E-state index in [9.17, 15) is 33.6 Å². The quantitative estimate of drug-likeness (QED) is 0.125. The number of likely N-dealkylation sites (tertiary alicyclic amines) is 1. The molecule has 1 heterocycles. The van der Waals surface area contributed by atoms with Gasteiger partial charge in [0.1, 0.15) is 23.7 Å². The molecule has 0 spiro atoms. The molecule has 51 heavy (non-hydrogen) atoms. The van der Waals surface area contributed by atoms with E-state index in [1.807, 2.05) is 27.7 Å². The third-order valence-corrected chi connectivity index (χ3v) is 7.60. The fraction of sp³-hybridized carbons (Fsp3) is 0.583. The SMILES string of the molecule is C=C(C)[C@H](NC(=O)OC(C)(C)C)C(=O)N1C[C@H](OC(C)(C)C)C[C@H]1C(=O)NC(CCCC)C(=O)C(=O)NCC(=O)N[C@H](C(N)=O)c1ccccc1. The predicted molar refractivity (Wildman–Crippen MR) is 189 cm³/mol. The Kier molecular flexibility index (Phi) is 15.3. The number of hydrogen-bond donors (Lipinski definition) is 5. The Morgan fingerprint density at radius 1 is 0.961 bits per heavy atom. The van der Waals surface area contributed by atoms with Crippen LogP contribution in [0.15, 0.2) is 42.5 Å². The summed E-state index contributed by atoms with van der Waals surface area (Å²) in [5.41, 5.74) is 4.74. The van der Waals surface area contributed by atoms with Gasteiger partial charge in [-0.15, -0.1) is 0 Å². The summed E-state index contributed by atoms with van der Waals surface area (Å²) in [5, 5.41) is 9.86. The van der Waals surface area contributed by atoms with Gasteiger partial charge in [-0.2, -0.15) is 0 Å². The van der Waals surface area contributed by atoms with Crippen LogP contribution >= 0.6 is 0 Å². The molecule has 1 aliphatic heterocycles. The van der Waals surface area contributed by atoms with E-state index >= 15 is 0 Å². The smallest absolute Gasteiger partial charge is 0.408 e. The molecule has 15 heteroatoms. The van der Waals surface area contributed by atoms with Crippen LogP contribution in [-0.2, 0) is 38.2 Å². The third kappa shape index (κ3) is 13.8. The van der Waals surface area contributed by atoms with Crippen LogP contribution in [0.25, 0.3) is 0 Å². The first-order valence-corrected chi connectivity index (χ1v) is 17.0. The summed E-state index contributed by atoms with van der Waals surface area (Å²) < 4.78 is 11.4. The number of ketones is 1. The molecule has 2 rings (SSSR count). The van der Waals surface area contributed by atoms with Crippen LogP contribution < -0.4 is 27.0 Å². The highest BCUT2D eigenvalue weighted by molar-refractivity contribution is 6.38. The lowest BCUT2D eigenvalue weighted by Crippen LogP contribution is -2.57. The highest BCUT2D eigenvalue weighted by Gasteiger charge is 2.45. The van der Waals surface area contributed by atoms with Gasteiger partial charge in [0.2, 0.25) is 29.4 Å². The molecule has 1 aromatic carbocycles. The number of hydrogen-bond acceptors (Lipinski definition) is 9. The fourth-order valence-electron chi connectivity index (χ4n) is 5.39. The molecule has 6 amide bonds. The summed E-state index contributed by atoms with van der Waals surface area (Å²) in [6, 6.07) is 3.48. The van der Waals surface area contributed by atoms with Crippen molar-refractivity contribution in [2.24, 2.45) is 5.73 Å². The molecule has 1 fully saturated rings. The van der Waals surface area contributed by atoms with Crippen molar-refractivity contribution in [2.75, 3.05) is 13.1 Å². The Labute approximate surface area is 299 Å². The van der Waals surface area contributed by atoms with E-state index in [0.717, 1.165) is 0 Å². The van der Waals surface area contributed by atoms with Crippen LogP contribution in [0.5, 0.6) is 0 Å². The van der Waals surface area contributed by atoms with Crippen LogP contribution in [0, 0.1) is 0 Å². The van der Waals surface area contributed by atoms with Crippen molar-refractivity contribution in [1.29, 1.82) is 0 Å². The van der Waals surface area contributed by atoms with Crippen molar-refractivity contribution in [3.63, 3.8) is 0 Å². The number of carbonyl (C=O) groups is 7. The molecular formula is C36H54N6O9. The van der Waals surface area contributed by atoms with Crippen LogP contribution in [0.3, 0.4) is 0 Å². The van der Waals surface area contributed by atoms with Gasteiger partial charge in [-0.25, -0.2) is 4.79 Å². The number of primary amides is 1. The van der Waals surface area contributed by atoms with Crippen LogP contribution in [-0.4, -0.2) is 94.8 Å². The summed E-state index contributed by atoms with van der Waals surface area (Å²) in [4.78, 5) is 92.6. The van der Waals surface area contributed by atoms with Gasteiger partial charge in [0.15, 0.2) is 0 Å². The minimum atomic E-state index is -1.28. The zero-order valence-corrected chi connectivity index (χ0v) is 30.9. The fourth-order valence-corrected chi connectivity index (χ4v) is 5.39. The Morgan fingerprint density at radius 2 is 1.59 bits per heavy atom. The van der Waals surface area contributed by atoms with Crippen LogP contribution in [0.1, 0.15) is 92.7 Å². The number of benzene rings is 1.